The summed E-state index contributed by atoms with van der Waals surface area (Å²) in [6.07, 6.45) is 6.02. The number of likely N-dealkylation sites (tertiary alicyclic amines) is 1. The molecule has 146 valence electrons. The molecule has 0 aromatic heterocycles. The number of hydrogen-bond donors (Lipinski definition) is 1. The minimum absolute atomic E-state index is 0.594. The summed E-state index contributed by atoms with van der Waals surface area (Å²) in [6, 6.07) is 10.7. The molecule has 0 amide bonds. The van der Waals surface area contributed by atoms with Gasteiger partial charge in [0, 0.05) is 39.7 Å². The fraction of sp³-hybridized carbons (Fsp3) is 0.667. The molecule has 1 N–H and O–H groups in total. The first kappa shape index (κ1) is 20.7. The summed E-state index contributed by atoms with van der Waals surface area (Å²) in [5, 5.41) is 3.52. The van der Waals surface area contributed by atoms with Gasteiger partial charge in [0.15, 0.2) is 5.96 Å². The van der Waals surface area contributed by atoms with Crippen molar-refractivity contribution >= 4 is 5.96 Å². The maximum atomic E-state index is 5.67. The van der Waals surface area contributed by atoms with Crippen molar-refractivity contribution in [3.8, 4) is 0 Å². The zero-order valence-corrected chi connectivity index (χ0v) is 16.5. The number of hydrogen-bond acceptors (Lipinski definition) is 3. The van der Waals surface area contributed by atoms with E-state index in [9.17, 15) is 0 Å². The van der Waals surface area contributed by atoms with Crippen molar-refractivity contribution in [1.29, 1.82) is 0 Å². The van der Waals surface area contributed by atoms with E-state index in [0.717, 1.165) is 32.2 Å². The highest BCUT2D eigenvalue weighted by atomic mass is 16.5. The average Bonchev–Trinajstić information content (AvgIpc) is 3.14. The molecular formula is C21H35N3O2. The Morgan fingerprint density at radius 3 is 2.81 bits per heavy atom. The van der Waals surface area contributed by atoms with Gasteiger partial charge in [-0.3, -0.25) is 4.99 Å². The second kappa shape index (κ2) is 12.7. The van der Waals surface area contributed by atoms with Gasteiger partial charge in [-0.15, -0.1) is 0 Å². The van der Waals surface area contributed by atoms with Crippen LogP contribution >= 0.6 is 0 Å². The molecule has 26 heavy (non-hydrogen) atoms. The molecule has 1 fully saturated rings. The second-order valence-electron chi connectivity index (χ2n) is 6.94. The van der Waals surface area contributed by atoms with Crippen LogP contribution in [-0.2, 0) is 15.9 Å². The van der Waals surface area contributed by atoms with Crippen LogP contribution in [0.4, 0.5) is 0 Å². The predicted octanol–water partition coefficient (Wildman–Crippen LogP) is 2.96. The molecule has 1 aliphatic rings. The largest absolute Gasteiger partial charge is 0.382 e. The molecular weight excluding hydrogens is 326 g/mol. The van der Waals surface area contributed by atoms with Gasteiger partial charge in [0.25, 0.3) is 0 Å². The van der Waals surface area contributed by atoms with Crippen molar-refractivity contribution in [2.45, 2.75) is 32.1 Å². The Balaban J connectivity index is 1.55. The predicted molar refractivity (Wildman–Crippen MR) is 108 cm³/mol. The Labute approximate surface area is 158 Å². The molecule has 5 heteroatoms. The van der Waals surface area contributed by atoms with Gasteiger partial charge in [-0.2, -0.15) is 0 Å². The van der Waals surface area contributed by atoms with Gasteiger partial charge in [0.05, 0.1) is 19.8 Å². The summed E-state index contributed by atoms with van der Waals surface area (Å²) in [6.45, 7) is 5.25. The number of unbranched alkanes of at least 4 members (excludes halogenated alkanes) is 2. The van der Waals surface area contributed by atoms with Crippen molar-refractivity contribution in [2.24, 2.45) is 10.9 Å². The normalized spacial score (nSPS) is 17.7. The van der Waals surface area contributed by atoms with Gasteiger partial charge < -0.3 is 19.7 Å². The molecule has 0 saturated carbocycles. The van der Waals surface area contributed by atoms with E-state index in [1.54, 1.807) is 7.11 Å². The van der Waals surface area contributed by atoms with Crippen LogP contribution in [0.25, 0.3) is 0 Å². The number of ether oxygens (including phenoxy) is 2. The summed E-state index contributed by atoms with van der Waals surface area (Å²) in [7, 11) is 3.58. The lowest BCUT2D eigenvalue weighted by Gasteiger charge is -2.21. The summed E-state index contributed by atoms with van der Waals surface area (Å²) in [5.74, 6) is 1.63. The summed E-state index contributed by atoms with van der Waals surface area (Å²) >= 11 is 0. The maximum Gasteiger partial charge on any atom is 0.193 e. The summed E-state index contributed by atoms with van der Waals surface area (Å²) in [4.78, 5) is 6.81. The molecule has 5 nitrogen and oxygen atoms in total. The molecule has 0 spiro atoms. The van der Waals surface area contributed by atoms with Crippen molar-refractivity contribution in [1.82, 2.24) is 10.2 Å². The van der Waals surface area contributed by atoms with Crippen LogP contribution in [-0.4, -0.2) is 64.5 Å². The lowest BCUT2D eigenvalue weighted by Crippen LogP contribution is -2.40. The fourth-order valence-corrected chi connectivity index (χ4v) is 3.36. The first-order valence-electron chi connectivity index (χ1n) is 9.89. The first-order chi connectivity index (χ1) is 12.8. The molecule has 1 saturated heterocycles. The van der Waals surface area contributed by atoms with Gasteiger partial charge in [-0.1, -0.05) is 36.8 Å². The monoisotopic (exact) mass is 361 g/mol. The standard InChI is InChI=1S/C21H35N3O2/c1-22-21(24-14-12-20(17-24)18-26-16-15-25-2)23-13-8-4-7-11-19-9-5-3-6-10-19/h3,5-6,9-10,20H,4,7-8,11-18H2,1-2H3,(H,22,23). The quantitative estimate of drug-likeness (QED) is 0.374. The van der Waals surface area contributed by atoms with Crippen molar-refractivity contribution in [3.63, 3.8) is 0 Å². The van der Waals surface area contributed by atoms with Gasteiger partial charge in [0.2, 0.25) is 0 Å². The summed E-state index contributed by atoms with van der Waals surface area (Å²) in [5.41, 5.74) is 1.44. The molecule has 0 bridgehead atoms. The third kappa shape index (κ3) is 7.75. The van der Waals surface area contributed by atoms with E-state index in [4.69, 9.17) is 9.47 Å². The molecule has 0 radical (unpaired) electrons. The average molecular weight is 362 g/mol. The molecule has 1 aliphatic heterocycles. The number of rotatable bonds is 11. The zero-order valence-electron chi connectivity index (χ0n) is 16.5. The maximum absolute atomic E-state index is 5.67. The molecule has 2 rings (SSSR count). The fourth-order valence-electron chi connectivity index (χ4n) is 3.36. The topological polar surface area (TPSA) is 46.1 Å². The third-order valence-electron chi connectivity index (χ3n) is 4.85. The zero-order chi connectivity index (χ0) is 18.5. The Bertz CT molecular complexity index is 507. The second-order valence-corrected chi connectivity index (χ2v) is 6.94. The molecule has 1 aromatic carbocycles. The van der Waals surface area contributed by atoms with Crippen LogP contribution in [0, 0.1) is 5.92 Å². The van der Waals surface area contributed by atoms with Crippen molar-refractivity contribution in [2.75, 3.05) is 53.6 Å². The molecule has 0 aliphatic carbocycles. The highest BCUT2D eigenvalue weighted by molar-refractivity contribution is 5.80. The van der Waals surface area contributed by atoms with Crippen LogP contribution in [0.3, 0.4) is 0 Å². The number of aryl methyl sites for hydroxylation is 1. The van der Waals surface area contributed by atoms with E-state index in [2.05, 4.69) is 45.5 Å². The van der Waals surface area contributed by atoms with Crippen LogP contribution in [0.5, 0.6) is 0 Å². The van der Waals surface area contributed by atoms with Gasteiger partial charge in [-0.05, 0) is 31.2 Å². The first-order valence-corrected chi connectivity index (χ1v) is 9.89. The van der Waals surface area contributed by atoms with E-state index in [1.807, 2.05) is 7.05 Å². The Kier molecular flexibility index (Phi) is 10.1. The minimum atomic E-state index is 0.594. The number of guanidine groups is 1. The Hall–Kier alpha value is -1.59. The van der Waals surface area contributed by atoms with E-state index < -0.39 is 0 Å². The smallest absolute Gasteiger partial charge is 0.193 e. The van der Waals surface area contributed by atoms with E-state index in [-0.39, 0.29) is 0 Å². The van der Waals surface area contributed by atoms with Crippen LogP contribution in [0.2, 0.25) is 0 Å². The van der Waals surface area contributed by atoms with Crippen molar-refractivity contribution in [3.05, 3.63) is 35.9 Å². The van der Waals surface area contributed by atoms with Crippen LogP contribution in [0.15, 0.2) is 35.3 Å². The van der Waals surface area contributed by atoms with Crippen molar-refractivity contribution < 1.29 is 9.47 Å². The number of benzene rings is 1. The molecule has 1 aromatic rings. The lowest BCUT2D eigenvalue weighted by atomic mass is 10.1. The number of aliphatic imine (C=N–C) groups is 1. The third-order valence-corrected chi connectivity index (χ3v) is 4.85. The highest BCUT2D eigenvalue weighted by Crippen LogP contribution is 2.16. The molecule has 1 heterocycles. The van der Waals surface area contributed by atoms with Crippen LogP contribution < -0.4 is 5.32 Å². The Morgan fingerprint density at radius 2 is 2.04 bits per heavy atom. The van der Waals surface area contributed by atoms with E-state index in [0.29, 0.717) is 19.1 Å². The Morgan fingerprint density at radius 1 is 1.19 bits per heavy atom. The van der Waals surface area contributed by atoms with E-state index in [1.165, 1.54) is 37.7 Å². The molecule has 1 unspecified atom stereocenters. The van der Waals surface area contributed by atoms with Gasteiger partial charge in [0.1, 0.15) is 0 Å². The molecule has 1 atom stereocenters. The highest BCUT2D eigenvalue weighted by Gasteiger charge is 2.24. The number of methoxy groups -OCH3 is 1. The van der Waals surface area contributed by atoms with Gasteiger partial charge >= 0.3 is 0 Å². The van der Waals surface area contributed by atoms with E-state index >= 15 is 0 Å². The lowest BCUT2D eigenvalue weighted by molar-refractivity contribution is 0.0536. The number of nitrogens with zero attached hydrogens (tertiary/aromatic N) is 2. The van der Waals surface area contributed by atoms with Gasteiger partial charge in [-0.25, -0.2) is 0 Å². The summed E-state index contributed by atoms with van der Waals surface area (Å²) < 4.78 is 10.7. The minimum Gasteiger partial charge on any atom is -0.382 e. The van der Waals surface area contributed by atoms with Crippen LogP contribution in [0.1, 0.15) is 31.2 Å². The SMILES string of the molecule is CN=C(NCCCCCc1ccccc1)N1CCC(COCCOC)C1. The number of nitrogens with one attached hydrogen (secondary N) is 1.